The number of carbonyl (C=O) groups excluding carboxylic acids is 1. The van der Waals surface area contributed by atoms with Gasteiger partial charge in [-0.3, -0.25) is 4.79 Å². The zero-order valence-electron chi connectivity index (χ0n) is 21.8. The number of piperazine rings is 1. The van der Waals surface area contributed by atoms with E-state index in [4.69, 9.17) is 0 Å². The molecule has 35 heavy (non-hydrogen) atoms. The first-order chi connectivity index (χ1) is 16.4. The summed E-state index contributed by atoms with van der Waals surface area (Å²) in [6.45, 7) is 15.2. The molecule has 1 aliphatic heterocycles. The Morgan fingerprint density at radius 2 is 1.11 bits per heavy atom. The quantitative estimate of drug-likeness (QED) is 0.525. The van der Waals surface area contributed by atoms with Crippen molar-refractivity contribution < 1.29 is 13.2 Å². The van der Waals surface area contributed by atoms with Crippen molar-refractivity contribution >= 4 is 15.9 Å². The average Bonchev–Trinajstić information content (AvgIpc) is 3.19. The van der Waals surface area contributed by atoms with E-state index in [2.05, 4.69) is 30.5 Å². The third-order valence-corrected chi connectivity index (χ3v) is 9.87. The number of hydrogen-bond acceptors (Lipinski definition) is 3. The minimum atomic E-state index is -3.65. The highest BCUT2D eigenvalue weighted by Gasteiger charge is 2.33. The molecule has 1 fully saturated rings. The average molecular weight is 494 g/mol. The van der Waals surface area contributed by atoms with Crippen molar-refractivity contribution in [3.63, 3.8) is 0 Å². The first-order valence-electron chi connectivity index (χ1n) is 12.1. The summed E-state index contributed by atoms with van der Waals surface area (Å²) in [7, 11) is -3.65. The van der Waals surface area contributed by atoms with Crippen molar-refractivity contribution in [2.75, 3.05) is 26.2 Å². The third-order valence-electron chi connectivity index (χ3n) is 7.70. The number of sulfonamides is 1. The van der Waals surface area contributed by atoms with Gasteiger partial charge in [0.1, 0.15) is 0 Å². The molecular formula is C28H35N3O3S. The maximum absolute atomic E-state index is 13.6. The Morgan fingerprint density at radius 3 is 1.60 bits per heavy atom. The van der Waals surface area contributed by atoms with E-state index in [1.54, 1.807) is 4.90 Å². The summed E-state index contributed by atoms with van der Waals surface area (Å²) >= 11 is 0. The van der Waals surface area contributed by atoms with E-state index in [0.717, 1.165) is 44.9 Å². The lowest BCUT2D eigenvalue weighted by Crippen LogP contribution is -2.50. The molecule has 7 heteroatoms. The van der Waals surface area contributed by atoms with Crippen molar-refractivity contribution in [3.8, 4) is 5.69 Å². The molecule has 4 rings (SSSR count). The van der Waals surface area contributed by atoms with Gasteiger partial charge in [-0.2, -0.15) is 4.31 Å². The Morgan fingerprint density at radius 1 is 0.657 bits per heavy atom. The minimum Gasteiger partial charge on any atom is -0.336 e. The Balaban J connectivity index is 1.50. The third kappa shape index (κ3) is 4.32. The van der Waals surface area contributed by atoms with Crippen molar-refractivity contribution in [1.82, 2.24) is 13.8 Å². The summed E-state index contributed by atoms with van der Waals surface area (Å²) in [6.07, 6.45) is 0. The molecule has 3 aromatic rings. The smallest absolute Gasteiger partial charge is 0.253 e. The topological polar surface area (TPSA) is 62.6 Å². The number of rotatable bonds is 4. The summed E-state index contributed by atoms with van der Waals surface area (Å²) in [5, 5.41) is 0. The van der Waals surface area contributed by atoms with E-state index < -0.39 is 10.0 Å². The fourth-order valence-corrected chi connectivity index (χ4v) is 7.11. The van der Waals surface area contributed by atoms with Crippen LogP contribution in [0.3, 0.4) is 0 Å². The van der Waals surface area contributed by atoms with Crippen LogP contribution in [0.2, 0.25) is 0 Å². The molecule has 186 valence electrons. The van der Waals surface area contributed by atoms with Gasteiger partial charge in [-0.25, -0.2) is 8.42 Å². The van der Waals surface area contributed by atoms with Crippen LogP contribution in [0.25, 0.3) is 5.69 Å². The van der Waals surface area contributed by atoms with Crippen LogP contribution in [-0.4, -0.2) is 54.3 Å². The number of aryl methyl sites for hydroxylation is 2. The molecule has 2 heterocycles. The molecule has 2 aromatic carbocycles. The molecule has 0 radical (unpaired) electrons. The lowest BCUT2D eigenvalue weighted by atomic mass is 9.95. The van der Waals surface area contributed by atoms with Gasteiger partial charge in [0.05, 0.1) is 4.90 Å². The van der Waals surface area contributed by atoms with Crippen LogP contribution in [0.4, 0.5) is 0 Å². The lowest BCUT2D eigenvalue weighted by molar-refractivity contribution is 0.0698. The Kier molecular flexibility index (Phi) is 6.68. The SMILES string of the molecule is Cc1c(C)c(C)c(S(=O)(=O)N2CCN(C(=O)c3ccc(-n4c(C)ccc4C)cc3)CC2)c(C)c1C. The van der Waals surface area contributed by atoms with E-state index in [1.165, 1.54) is 4.31 Å². The fourth-order valence-electron chi connectivity index (χ4n) is 5.12. The van der Waals surface area contributed by atoms with Crippen LogP contribution < -0.4 is 0 Å². The largest absolute Gasteiger partial charge is 0.336 e. The fraction of sp³-hybridized carbons (Fsp3) is 0.393. The number of hydrogen-bond donors (Lipinski definition) is 0. The number of amides is 1. The Bertz CT molecular complexity index is 1350. The number of carbonyl (C=O) groups is 1. The van der Waals surface area contributed by atoms with Gasteiger partial charge in [0.25, 0.3) is 5.91 Å². The van der Waals surface area contributed by atoms with E-state index in [0.29, 0.717) is 36.6 Å². The number of aromatic nitrogens is 1. The molecular weight excluding hydrogens is 458 g/mol. The number of benzene rings is 2. The van der Waals surface area contributed by atoms with Crippen molar-refractivity contribution in [2.24, 2.45) is 0 Å². The van der Waals surface area contributed by atoms with E-state index in [1.807, 2.05) is 58.9 Å². The Hall–Kier alpha value is -2.90. The summed E-state index contributed by atoms with van der Waals surface area (Å²) in [4.78, 5) is 15.3. The summed E-state index contributed by atoms with van der Waals surface area (Å²) in [6, 6.07) is 11.8. The zero-order valence-corrected chi connectivity index (χ0v) is 22.6. The summed E-state index contributed by atoms with van der Waals surface area (Å²) in [5.74, 6) is -0.0658. The predicted molar refractivity (Wildman–Crippen MR) is 140 cm³/mol. The zero-order chi connectivity index (χ0) is 25.7. The van der Waals surface area contributed by atoms with Crippen molar-refractivity contribution in [3.05, 3.63) is 81.2 Å². The molecule has 0 bridgehead atoms. The molecule has 0 unspecified atom stereocenters. The first-order valence-corrected chi connectivity index (χ1v) is 13.5. The first kappa shape index (κ1) is 25.2. The van der Waals surface area contributed by atoms with Crippen LogP contribution in [0.5, 0.6) is 0 Å². The molecule has 6 nitrogen and oxygen atoms in total. The van der Waals surface area contributed by atoms with Crippen LogP contribution in [0.15, 0.2) is 41.3 Å². The van der Waals surface area contributed by atoms with Gasteiger partial charge in [0.15, 0.2) is 0 Å². The second-order valence-corrected chi connectivity index (χ2v) is 11.5. The van der Waals surface area contributed by atoms with E-state index in [9.17, 15) is 13.2 Å². The maximum Gasteiger partial charge on any atom is 0.253 e. The van der Waals surface area contributed by atoms with E-state index >= 15 is 0 Å². The van der Waals surface area contributed by atoms with Crippen LogP contribution in [0.1, 0.15) is 49.6 Å². The number of nitrogens with zero attached hydrogens (tertiary/aromatic N) is 3. The highest BCUT2D eigenvalue weighted by molar-refractivity contribution is 7.89. The monoisotopic (exact) mass is 493 g/mol. The van der Waals surface area contributed by atoms with Crippen LogP contribution in [0, 0.1) is 48.5 Å². The Labute approximate surface area is 209 Å². The normalized spacial score (nSPS) is 15.0. The lowest BCUT2D eigenvalue weighted by Gasteiger charge is -2.35. The predicted octanol–water partition coefficient (Wildman–Crippen LogP) is 4.78. The van der Waals surface area contributed by atoms with Gasteiger partial charge in [0, 0.05) is 48.8 Å². The maximum atomic E-state index is 13.6. The van der Waals surface area contributed by atoms with E-state index in [-0.39, 0.29) is 5.91 Å². The highest BCUT2D eigenvalue weighted by atomic mass is 32.2. The summed E-state index contributed by atoms with van der Waals surface area (Å²) < 4.78 is 30.9. The molecule has 0 N–H and O–H groups in total. The molecule has 1 amide bonds. The van der Waals surface area contributed by atoms with Crippen LogP contribution in [-0.2, 0) is 10.0 Å². The van der Waals surface area contributed by atoms with Gasteiger partial charge in [-0.15, -0.1) is 0 Å². The molecule has 0 saturated carbocycles. The van der Waals surface area contributed by atoms with Crippen molar-refractivity contribution in [1.29, 1.82) is 0 Å². The molecule has 1 aromatic heterocycles. The summed E-state index contributed by atoms with van der Waals surface area (Å²) in [5.41, 5.74) is 8.74. The standard InChI is InChI=1S/C28H35N3O3S/c1-18-8-9-19(2)31(18)26-12-10-25(11-13-26)28(32)29-14-16-30(17-15-29)35(33,34)27-23(6)21(4)20(3)22(5)24(27)7/h8-13H,14-17H2,1-7H3. The second-order valence-electron chi connectivity index (χ2n) is 9.65. The highest BCUT2D eigenvalue weighted by Crippen LogP contribution is 2.32. The molecule has 0 spiro atoms. The van der Waals surface area contributed by atoms with Gasteiger partial charge < -0.3 is 9.47 Å². The molecule has 0 atom stereocenters. The second kappa shape index (κ2) is 9.28. The van der Waals surface area contributed by atoms with Crippen LogP contribution >= 0.6 is 0 Å². The molecule has 0 aliphatic carbocycles. The minimum absolute atomic E-state index is 0.0658. The van der Waals surface area contributed by atoms with Gasteiger partial charge in [-0.1, -0.05) is 0 Å². The van der Waals surface area contributed by atoms with Gasteiger partial charge in [-0.05, 0) is 113 Å². The molecule has 1 saturated heterocycles. The van der Waals surface area contributed by atoms with Gasteiger partial charge in [0.2, 0.25) is 10.0 Å². The van der Waals surface area contributed by atoms with Gasteiger partial charge >= 0.3 is 0 Å². The molecule has 1 aliphatic rings. The van der Waals surface area contributed by atoms with Crippen molar-refractivity contribution in [2.45, 2.75) is 53.4 Å².